The largest absolute Gasteiger partial charge is 0.382 e. The number of aromatic nitrogens is 3. The number of aldehydes is 1. The molecule has 0 saturated heterocycles. The molecule has 0 fully saturated rings. The average Bonchev–Trinajstić information content (AvgIpc) is 3.21. The lowest BCUT2D eigenvalue weighted by atomic mass is 10.1. The highest BCUT2D eigenvalue weighted by Crippen LogP contribution is 2.22. The van der Waals surface area contributed by atoms with Crippen LogP contribution in [0.4, 0.5) is 11.6 Å². The minimum absolute atomic E-state index is 0.108. The molecule has 0 aliphatic carbocycles. The molecule has 12 nitrogen and oxygen atoms in total. The molecule has 2 aromatic heterocycles. The van der Waals surface area contributed by atoms with Crippen molar-refractivity contribution in [2.24, 2.45) is 22.5 Å². The Bertz CT molecular complexity index is 1280. The van der Waals surface area contributed by atoms with Crippen LogP contribution in [0.1, 0.15) is 29.4 Å². The Morgan fingerprint density at radius 2 is 2.11 bits per heavy atom. The summed E-state index contributed by atoms with van der Waals surface area (Å²) in [7, 11) is 1.50. The Hall–Kier alpha value is -3.87. The van der Waals surface area contributed by atoms with Crippen molar-refractivity contribution in [3.8, 4) is 0 Å². The van der Waals surface area contributed by atoms with Crippen molar-refractivity contribution in [3.05, 3.63) is 57.0 Å². The van der Waals surface area contributed by atoms with Gasteiger partial charge >= 0.3 is 0 Å². The van der Waals surface area contributed by atoms with E-state index in [1.807, 2.05) is 31.2 Å². The number of anilines is 2. The molecule has 1 aliphatic rings. The number of fused-ring (bicyclic) bond motifs is 2. The van der Waals surface area contributed by atoms with Gasteiger partial charge in [-0.1, -0.05) is 30.7 Å². The van der Waals surface area contributed by atoms with E-state index in [1.165, 1.54) is 7.05 Å². The molecule has 0 radical (unpaired) electrons. The number of hydrogen-bond donors (Lipinski definition) is 6. The normalized spacial score (nSPS) is 12.0. The van der Waals surface area contributed by atoms with Crippen LogP contribution in [0.15, 0.2) is 40.2 Å². The smallest absolute Gasteiger partial charge is 0.260 e. The molecule has 0 amide bonds. The quantitative estimate of drug-likeness (QED) is 0.0971. The van der Waals surface area contributed by atoms with E-state index >= 15 is 0 Å². The number of halogens is 1. The third-order valence-electron chi connectivity index (χ3n) is 5.16. The zero-order valence-electron chi connectivity index (χ0n) is 19.7. The van der Waals surface area contributed by atoms with E-state index in [1.54, 1.807) is 21.5 Å². The summed E-state index contributed by atoms with van der Waals surface area (Å²) in [6, 6.07) is 7.43. The Balaban J connectivity index is 0.000000260. The number of pyridine rings is 1. The highest BCUT2D eigenvalue weighted by Gasteiger charge is 2.15. The Labute approximate surface area is 207 Å². The van der Waals surface area contributed by atoms with E-state index in [0.29, 0.717) is 53.4 Å². The average molecular weight is 503 g/mol. The number of carbonyl (C=O) groups excluding carboxylic acids is 1. The molecule has 0 saturated carbocycles. The van der Waals surface area contributed by atoms with Crippen molar-refractivity contribution in [1.29, 1.82) is 0 Å². The number of rotatable bonds is 5. The number of aryl methyl sites for hydroxylation is 1. The molecule has 0 unspecified atom stereocenters. The molecule has 1 aromatic carbocycles. The van der Waals surface area contributed by atoms with Gasteiger partial charge in [0.1, 0.15) is 17.2 Å². The molecule has 3 aromatic rings. The van der Waals surface area contributed by atoms with Crippen LogP contribution in [0.2, 0.25) is 5.02 Å². The van der Waals surface area contributed by atoms with Gasteiger partial charge < -0.3 is 32.6 Å². The first-order valence-corrected chi connectivity index (χ1v) is 11.2. The fourth-order valence-corrected chi connectivity index (χ4v) is 3.78. The first kappa shape index (κ1) is 27.4. The molecule has 4 rings (SSSR count). The Morgan fingerprint density at radius 1 is 1.37 bits per heavy atom. The first-order chi connectivity index (χ1) is 16.9. The molecule has 0 bridgehead atoms. The van der Waals surface area contributed by atoms with Crippen molar-refractivity contribution in [2.75, 3.05) is 24.6 Å². The second-order valence-corrected chi connectivity index (χ2v) is 7.50. The highest BCUT2D eigenvalue weighted by atomic mass is 35.5. The number of benzene rings is 1. The molecule has 35 heavy (non-hydrogen) atoms. The summed E-state index contributed by atoms with van der Waals surface area (Å²) in [6.07, 6.45) is 5.56. The predicted octanol–water partition coefficient (Wildman–Crippen LogP) is 1.09. The van der Waals surface area contributed by atoms with Gasteiger partial charge in [-0.15, -0.1) is 5.10 Å². The second kappa shape index (κ2) is 13.1. The van der Waals surface area contributed by atoms with Crippen LogP contribution in [-0.2, 0) is 13.0 Å². The molecular formula is C22H31ClN10O2. The molecule has 1 aliphatic heterocycles. The van der Waals surface area contributed by atoms with Gasteiger partial charge in [-0.3, -0.25) is 9.59 Å². The van der Waals surface area contributed by atoms with E-state index in [2.05, 4.69) is 26.7 Å². The SMILES string of the molecule is CCc1cc2cccc(Cl)c2c(=O)n1CC/C(=N/N)NN.CN.Nc1nn2c(c1C=O)NCC=C2. The molecular weight excluding hydrogens is 472 g/mol. The number of hydrazine groups is 1. The lowest BCUT2D eigenvalue weighted by Crippen LogP contribution is -2.34. The number of nitrogens with two attached hydrogens (primary N) is 4. The number of nitrogens with one attached hydrogen (secondary N) is 2. The van der Waals surface area contributed by atoms with Gasteiger partial charge in [-0.2, -0.15) is 5.10 Å². The van der Waals surface area contributed by atoms with Crippen LogP contribution in [0.3, 0.4) is 0 Å². The summed E-state index contributed by atoms with van der Waals surface area (Å²) >= 11 is 6.16. The third-order valence-corrected chi connectivity index (χ3v) is 5.47. The molecule has 10 N–H and O–H groups in total. The maximum Gasteiger partial charge on any atom is 0.260 e. The van der Waals surface area contributed by atoms with Crippen LogP contribution < -0.4 is 39.5 Å². The van der Waals surface area contributed by atoms with E-state index in [-0.39, 0.29) is 11.4 Å². The predicted molar refractivity (Wildman–Crippen MR) is 142 cm³/mol. The lowest BCUT2D eigenvalue weighted by Gasteiger charge is -2.14. The Kier molecular flexibility index (Phi) is 10.3. The van der Waals surface area contributed by atoms with Gasteiger partial charge in [0.15, 0.2) is 12.1 Å². The van der Waals surface area contributed by atoms with Crippen LogP contribution in [-0.4, -0.2) is 40.1 Å². The third kappa shape index (κ3) is 6.18. The van der Waals surface area contributed by atoms with E-state index in [4.69, 9.17) is 29.0 Å². The van der Waals surface area contributed by atoms with E-state index in [9.17, 15) is 9.59 Å². The minimum Gasteiger partial charge on any atom is -0.382 e. The summed E-state index contributed by atoms with van der Waals surface area (Å²) in [5.41, 5.74) is 13.7. The standard InChI is InChI=1S/C14H18ClN5O.C7H8N4O.CH5N/c1-2-10-8-9-4-3-5-11(15)13(9)14(21)20(10)7-6-12(18-16)19-17;8-6-5(4-12)7-9-2-1-3-11(7)10-6;1-2/h3-5,8H,2,6-7,16-17H2,1H3,(H,18,19);1,3-4,9H,2H2,(H2,8,10);2H2,1H3. The van der Waals surface area contributed by atoms with Crippen molar-refractivity contribution in [3.63, 3.8) is 0 Å². The van der Waals surface area contributed by atoms with Gasteiger partial charge in [-0.25, -0.2) is 10.5 Å². The number of amidine groups is 1. The molecule has 0 atom stereocenters. The Morgan fingerprint density at radius 3 is 2.74 bits per heavy atom. The van der Waals surface area contributed by atoms with Crippen LogP contribution >= 0.6 is 11.6 Å². The van der Waals surface area contributed by atoms with Gasteiger partial charge in [-0.05, 0) is 37.1 Å². The summed E-state index contributed by atoms with van der Waals surface area (Å²) in [5.74, 6) is 11.9. The van der Waals surface area contributed by atoms with E-state index < -0.39 is 0 Å². The summed E-state index contributed by atoms with van der Waals surface area (Å²) in [5, 5.41) is 12.3. The second-order valence-electron chi connectivity index (χ2n) is 7.10. The highest BCUT2D eigenvalue weighted by molar-refractivity contribution is 6.35. The van der Waals surface area contributed by atoms with E-state index in [0.717, 1.165) is 17.5 Å². The van der Waals surface area contributed by atoms with Crippen LogP contribution in [0.25, 0.3) is 17.0 Å². The molecule has 13 heteroatoms. The summed E-state index contributed by atoms with van der Waals surface area (Å²) in [6.45, 7) is 3.14. The fraction of sp³-hybridized carbons (Fsp3) is 0.273. The fourth-order valence-electron chi connectivity index (χ4n) is 3.51. The topological polar surface area (TPSA) is 197 Å². The number of nitrogens with zero attached hydrogens (tertiary/aromatic N) is 4. The number of hydrogen-bond acceptors (Lipinski definition) is 9. The summed E-state index contributed by atoms with van der Waals surface area (Å²) < 4.78 is 3.25. The zero-order chi connectivity index (χ0) is 26.0. The maximum atomic E-state index is 12.7. The molecule has 0 spiro atoms. The first-order valence-electron chi connectivity index (χ1n) is 10.8. The van der Waals surface area contributed by atoms with Gasteiger partial charge in [0.05, 0.1) is 10.4 Å². The molecule has 188 valence electrons. The van der Waals surface area contributed by atoms with Crippen molar-refractivity contribution >= 4 is 52.3 Å². The van der Waals surface area contributed by atoms with Crippen molar-refractivity contribution < 1.29 is 4.79 Å². The van der Waals surface area contributed by atoms with Crippen LogP contribution in [0.5, 0.6) is 0 Å². The lowest BCUT2D eigenvalue weighted by molar-refractivity contribution is 0.112. The van der Waals surface area contributed by atoms with Crippen LogP contribution in [0, 0.1) is 0 Å². The van der Waals surface area contributed by atoms with Crippen molar-refractivity contribution in [2.45, 2.75) is 26.3 Å². The maximum absolute atomic E-state index is 12.7. The zero-order valence-corrected chi connectivity index (χ0v) is 20.4. The van der Waals surface area contributed by atoms with Gasteiger partial charge in [0, 0.05) is 31.4 Å². The number of nitrogen functional groups attached to an aromatic ring is 1. The minimum atomic E-state index is -0.108. The monoisotopic (exact) mass is 502 g/mol. The van der Waals surface area contributed by atoms with Crippen molar-refractivity contribution in [1.82, 2.24) is 19.8 Å². The number of carbonyl (C=O) groups is 1. The summed E-state index contributed by atoms with van der Waals surface area (Å²) in [4.78, 5) is 23.2. The molecule has 3 heterocycles. The number of hydrazone groups is 1. The van der Waals surface area contributed by atoms with Gasteiger partial charge in [0.2, 0.25) is 0 Å². The van der Waals surface area contributed by atoms with Gasteiger partial charge in [0.25, 0.3) is 5.56 Å².